The number of aryl methyl sites for hydroxylation is 2. The smallest absolute Gasteiger partial charge is 0.253 e. The highest BCUT2D eigenvalue weighted by molar-refractivity contribution is 5.97. The van der Waals surface area contributed by atoms with E-state index in [1.165, 1.54) is 12.0 Å². The molecule has 0 atom stereocenters. The number of hydrogen-bond donors (Lipinski definition) is 1. The Kier molecular flexibility index (Phi) is 6.05. The van der Waals surface area contributed by atoms with Crippen LogP contribution in [0.4, 0.5) is 5.69 Å². The van der Waals surface area contributed by atoms with Gasteiger partial charge in [0.15, 0.2) is 0 Å². The van der Waals surface area contributed by atoms with Gasteiger partial charge in [0.25, 0.3) is 5.91 Å². The van der Waals surface area contributed by atoms with Crippen molar-refractivity contribution in [3.8, 4) is 0 Å². The van der Waals surface area contributed by atoms with Crippen LogP contribution in [0.15, 0.2) is 48.5 Å². The first kappa shape index (κ1) is 18.2. The van der Waals surface area contributed by atoms with Crippen molar-refractivity contribution in [2.45, 2.75) is 39.0 Å². The van der Waals surface area contributed by atoms with Crippen molar-refractivity contribution in [1.29, 1.82) is 0 Å². The van der Waals surface area contributed by atoms with Gasteiger partial charge in [-0.1, -0.05) is 35.9 Å². The van der Waals surface area contributed by atoms with Crippen molar-refractivity contribution in [2.24, 2.45) is 0 Å². The molecule has 1 saturated heterocycles. The lowest BCUT2D eigenvalue weighted by atomic mass is 10.1. The number of hydrogen-bond acceptors (Lipinski definition) is 2. The summed E-state index contributed by atoms with van der Waals surface area (Å²) in [5, 5.41) is 2.92. The number of anilines is 1. The number of carbonyl (C=O) groups is 2. The third-order valence-corrected chi connectivity index (χ3v) is 4.76. The maximum atomic E-state index is 12.6. The average Bonchev–Trinajstić information content (AvgIpc) is 2.67. The fraction of sp³-hybridized carbons (Fsp3) is 0.364. The molecule has 4 nitrogen and oxygen atoms in total. The van der Waals surface area contributed by atoms with Crippen molar-refractivity contribution in [1.82, 2.24) is 4.90 Å². The molecule has 0 unspecified atom stereocenters. The lowest BCUT2D eigenvalue weighted by Gasteiger charge is -2.26. The Bertz CT molecular complexity index is 779. The van der Waals surface area contributed by atoms with Crippen molar-refractivity contribution < 1.29 is 9.59 Å². The zero-order valence-corrected chi connectivity index (χ0v) is 15.3. The molecule has 0 spiro atoms. The number of piperidine rings is 1. The second kappa shape index (κ2) is 8.65. The molecule has 2 aromatic carbocycles. The summed E-state index contributed by atoms with van der Waals surface area (Å²) < 4.78 is 0. The number of carbonyl (C=O) groups excluding carboxylic acids is 2. The van der Waals surface area contributed by atoms with Crippen molar-refractivity contribution in [3.63, 3.8) is 0 Å². The zero-order chi connectivity index (χ0) is 18.4. The Morgan fingerprint density at radius 1 is 1.00 bits per heavy atom. The summed E-state index contributed by atoms with van der Waals surface area (Å²) >= 11 is 0. The first-order valence-corrected chi connectivity index (χ1v) is 9.36. The molecule has 0 aromatic heterocycles. The molecule has 1 N–H and O–H groups in total. The predicted octanol–water partition coefficient (Wildman–Crippen LogP) is 4.19. The van der Waals surface area contributed by atoms with E-state index in [4.69, 9.17) is 0 Å². The van der Waals surface area contributed by atoms with Gasteiger partial charge in [-0.25, -0.2) is 0 Å². The van der Waals surface area contributed by atoms with Gasteiger partial charge in [-0.05, 0) is 56.4 Å². The van der Waals surface area contributed by atoms with Gasteiger partial charge in [-0.15, -0.1) is 0 Å². The van der Waals surface area contributed by atoms with E-state index in [9.17, 15) is 9.59 Å². The average molecular weight is 350 g/mol. The molecule has 1 heterocycles. The molecule has 2 aromatic rings. The fourth-order valence-electron chi connectivity index (χ4n) is 3.36. The molecule has 0 radical (unpaired) electrons. The Hall–Kier alpha value is -2.62. The van der Waals surface area contributed by atoms with Crippen LogP contribution in [0, 0.1) is 6.92 Å². The lowest BCUT2D eigenvalue weighted by molar-refractivity contribution is -0.116. The lowest BCUT2D eigenvalue weighted by Crippen LogP contribution is -2.35. The fourth-order valence-corrected chi connectivity index (χ4v) is 3.36. The van der Waals surface area contributed by atoms with E-state index < -0.39 is 0 Å². The molecule has 0 bridgehead atoms. The predicted molar refractivity (Wildman–Crippen MR) is 104 cm³/mol. The van der Waals surface area contributed by atoms with Crippen LogP contribution in [-0.2, 0) is 11.2 Å². The van der Waals surface area contributed by atoms with Crippen LogP contribution in [0.2, 0.25) is 0 Å². The van der Waals surface area contributed by atoms with Gasteiger partial charge in [-0.3, -0.25) is 9.59 Å². The van der Waals surface area contributed by atoms with E-state index in [1.807, 2.05) is 35.2 Å². The topological polar surface area (TPSA) is 49.4 Å². The highest BCUT2D eigenvalue weighted by Gasteiger charge is 2.18. The van der Waals surface area contributed by atoms with Crippen molar-refractivity contribution >= 4 is 17.5 Å². The molecule has 1 aliphatic rings. The van der Waals surface area contributed by atoms with Crippen LogP contribution < -0.4 is 5.32 Å². The number of nitrogens with zero attached hydrogens (tertiary/aromatic N) is 1. The van der Waals surface area contributed by atoms with Crippen LogP contribution in [-0.4, -0.2) is 29.8 Å². The highest BCUT2D eigenvalue weighted by Crippen LogP contribution is 2.17. The summed E-state index contributed by atoms with van der Waals surface area (Å²) in [5.41, 5.74) is 3.69. The van der Waals surface area contributed by atoms with E-state index in [-0.39, 0.29) is 11.8 Å². The minimum absolute atomic E-state index is 0.0333. The largest absolute Gasteiger partial charge is 0.339 e. The summed E-state index contributed by atoms with van der Waals surface area (Å²) in [6.45, 7) is 3.70. The van der Waals surface area contributed by atoms with Crippen molar-refractivity contribution in [2.75, 3.05) is 18.4 Å². The summed E-state index contributed by atoms with van der Waals surface area (Å²) in [6.07, 6.45) is 4.47. The summed E-state index contributed by atoms with van der Waals surface area (Å²) in [4.78, 5) is 26.7. The standard InChI is InChI=1S/C22H26N2O2/c1-17-7-5-8-18(15-17)11-12-21(25)23-20-10-6-9-19(16-20)22(26)24-13-3-2-4-14-24/h5-10,15-16H,2-4,11-14H2,1H3,(H,23,25). The van der Waals surface area contributed by atoms with Crippen LogP contribution in [0.25, 0.3) is 0 Å². The SMILES string of the molecule is Cc1cccc(CCC(=O)Nc2cccc(C(=O)N3CCCCC3)c2)c1. The van der Waals surface area contributed by atoms with Gasteiger partial charge in [0.1, 0.15) is 0 Å². The summed E-state index contributed by atoms with van der Waals surface area (Å²) in [7, 11) is 0. The molecule has 1 fully saturated rings. The number of nitrogens with one attached hydrogen (secondary N) is 1. The summed E-state index contributed by atoms with van der Waals surface area (Å²) in [5.74, 6) is 0.0228. The van der Waals surface area contributed by atoms with E-state index >= 15 is 0 Å². The van der Waals surface area contributed by atoms with Crippen LogP contribution in [0.5, 0.6) is 0 Å². The minimum Gasteiger partial charge on any atom is -0.339 e. The van der Waals surface area contributed by atoms with Crippen LogP contribution >= 0.6 is 0 Å². The molecule has 26 heavy (non-hydrogen) atoms. The molecular weight excluding hydrogens is 324 g/mol. The first-order chi connectivity index (χ1) is 12.6. The Balaban J connectivity index is 1.57. The van der Waals surface area contributed by atoms with Gasteiger partial charge in [-0.2, -0.15) is 0 Å². The van der Waals surface area contributed by atoms with Crippen LogP contribution in [0.3, 0.4) is 0 Å². The molecule has 0 saturated carbocycles. The first-order valence-electron chi connectivity index (χ1n) is 9.36. The molecule has 0 aliphatic carbocycles. The van der Waals surface area contributed by atoms with E-state index in [0.717, 1.165) is 31.5 Å². The quantitative estimate of drug-likeness (QED) is 0.879. The maximum absolute atomic E-state index is 12.6. The molecule has 136 valence electrons. The van der Waals surface area contributed by atoms with E-state index in [0.29, 0.717) is 24.1 Å². The second-order valence-corrected chi connectivity index (χ2v) is 6.97. The summed E-state index contributed by atoms with van der Waals surface area (Å²) in [6, 6.07) is 15.5. The van der Waals surface area contributed by atoms with Crippen molar-refractivity contribution in [3.05, 3.63) is 65.2 Å². The molecule has 3 rings (SSSR count). The van der Waals surface area contributed by atoms with E-state index in [2.05, 4.69) is 24.4 Å². The molecule has 1 aliphatic heterocycles. The monoisotopic (exact) mass is 350 g/mol. The van der Waals surface area contributed by atoms with Gasteiger partial charge < -0.3 is 10.2 Å². The Labute approximate surface area is 155 Å². The molecule has 2 amide bonds. The second-order valence-electron chi connectivity index (χ2n) is 6.97. The third kappa shape index (κ3) is 4.94. The van der Waals surface area contributed by atoms with E-state index in [1.54, 1.807) is 6.07 Å². The zero-order valence-electron chi connectivity index (χ0n) is 15.3. The minimum atomic E-state index is -0.0333. The molecular formula is C22H26N2O2. The van der Waals surface area contributed by atoms with Gasteiger partial charge in [0.05, 0.1) is 0 Å². The maximum Gasteiger partial charge on any atom is 0.253 e. The third-order valence-electron chi connectivity index (χ3n) is 4.76. The van der Waals surface area contributed by atoms with Gasteiger partial charge in [0, 0.05) is 30.8 Å². The highest BCUT2D eigenvalue weighted by atomic mass is 16.2. The Morgan fingerprint density at radius 3 is 2.54 bits per heavy atom. The van der Waals surface area contributed by atoms with Gasteiger partial charge >= 0.3 is 0 Å². The number of likely N-dealkylation sites (tertiary alicyclic amines) is 1. The molecule has 4 heteroatoms. The van der Waals surface area contributed by atoms with Gasteiger partial charge in [0.2, 0.25) is 5.91 Å². The number of rotatable bonds is 5. The van der Waals surface area contributed by atoms with Crippen LogP contribution in [0.1, 0.15) is 47.2 Å². The normalized spacial score (nSPS) is 14.1. The Morgan fingerprint density at radius 2 is 1.77 bits per heavy atom. The number of benzene rings is 2. The number of amides is 2.